The van der Waals surface area contributed by atoms with Gasteiger partial charge in [-0.15, -0.1) is 0 Å². The van der Waals surface area contributed by atoms with E-state index in [4.69, 9.17) is 9.47 Å². The quantitative estimate of drug-likeness (QED) is 0.120. The zero-order valence-corrected chi connectivity index (χ0v) is 19.9. The summed E-state index contributed by atoms with van der Waals surface area (Å²) >= 11 is 1.26. The van der Waals surface area contributed by atoms with Crippen molar-refractivity contribution in [3.05, 3.63) is 42.0 Å². The summed E-state index contributed by atoms with van der Waals surface area (Å²) in [7, 11) is -8.60. The van der Waals surface area contributed by atoms with Crippen LogP contribution in [0.25, 0.3) is 0 Å². The molecule has 0 unspecified atom stereocenters. The molecule has 2 aromatic carbocycles. The molecule has 0 heterocycles. The summed E-state index contributed by atoms with van der Waals surface area (Å²) in [6, 6.07) is 9.79. The van der Waals surface area contributed by atoms with Crippen LogP contribution in [0.15, 0.2) is 46.2 Å². The molecule has 0 bridgehead atoms. The van der Waals surface area contributed by atoms with Gasteiger partial charge in [-0.25, -0.2) is 0 Å². The van der Waals surface area contributed by atoms with Crippen molar-refractivity contribution in [3.63, 3.8) is 0 Å². The van der Waals surface area contributed by atoms with Gasteiger partial charge in [0.05, 0.1) is 0 Å². The molecular weight excluding hydrogens is 470 g/mol. The Morgan fingerprint density at radius 2 is 1.47 bits per heavy atom. The monoisotopic (exact) mass is 497 g/mol. The van der Waals surface area contributed by atoms with E-state index >= 15 is 0 Å². The molecule has 2 aromatic rings. The molecule has 0 amide bonds. The molecule has 2 rings (SSSR count). The summed E-state index contributed by atoms with van der Waals surface area (Å²) in [5.41, 5.74) is 1.87. The van der Waals surface area contributed by atoms with E-state index in [1.54, 1.807) is 5.65 Å². The first-order chi connectivity index (χ1) is 15.1. The van der Waals surface area contributed by atoms with E-state index in [2.05, 4.69) is 0 Å². The second kappa shape index (κ2) is 11.4. The fourth-order valence-corrected chi connectivity index (χ4v) is 4.13. The number of hydrogen-bond donors (Lipinski definition) is 0. The van der Waals surface area contributed by atoms with E-state index in [0.717, 1.165) is 29.4 Å². The van der Waals surface area contributed by atoms with Gasteiger partial charge in [0.25, 0.3) is 0 Å². The molecule has 0 fully saturated rings. The standard InChI is InChI=1S/C21H27F5N2O2PS/c1-4-6-12-29-19-15-21(32-17-10-8-16(3)9-11-17)20(30-13-7-5-2)14-18(19)28(27-22)31(23,24,25)26/h8-11,14-15H,4-7,12-13H2,1-3H3. The van der Waals surface area contributed by atoms with Gasteiger partial charge in [0.1, 0.15) is 0 Å². The van der Waals surface area contributed by atoms with Crippen LogP contribution in [0, 0.1) is 6.92 Å². The van der Waals surface area contributed by atoms with E-state index in [-0.39, 0.29) is 24.7 Å². The molecule has 0 aliphatic rings. The van der Waals surface area contributed by atoms with Gasteiger partial charge >= 0.3 is 190 Å². The number of aryl methyl sites for hydroxylation is 1. The van der Waals surface area contributed by atoms with E-state index in [1.807, 2.05) is 45.0 Å². The molecule has 0 atom stereocenters. The van der Waals surface area contributed by atoms with E-state index in [9.17, 15) is 21.3 Å². The summed E-state index contributed by atoms with van der Waals surface area (Å²) in [6.45, 7) is 6.08. The molecular formula is C21H27F5N2O2PS. The third-order valence-electron chi connectivity index (χ3n) is 4.36. The second-order valence-electron chi connectivity index (χ2n) is 7.14. The van der Waals surface area contributed by atoms with Crippen LogP contribution in [0.5, 0.6) is 11.5 Å². The number of unbranched alkanes of at least 4 members (excludes halogenated alkanes) is 2. The first-order valence-electron chi connectivity index (χ1n) is 10.3. The van der Waals surface area contributed by atoms with Crippen molar-refractivity contribution >= 4 is 25.4 Å². The van der Waals surface area contributed by atoms with Crippen molar-refractivity contribution in [1.29, 1.82) is 0 Å². The Balaban J connectivity index is 2.56. The van der Waals surface area contributed by atoms with Crippen molar-refractivity contribution < 1.29 is 30.7 Å². The van der Waals surface area contributed by atoms with Gasteiger partial charge in [-0.05, 0) is 0 Å². The second-order valence-corrected chi connectivity index (χ2v) is 10.0. The number of ether oxygens (including phenoxy) is 2. The molecule has 0 aliphatic carbocycles. The van der Waals surface area contributed by atoms with E-state index < -0.39 is 18.5 Å². The van der Waals surface area contributed by atoms with Gasteiger partial charge in [0, 0.05) is 0 Å². The Kier molecular flexibility index (Phi) is 9.42. The Morgan fingerprint density at radius 3 is 1.97 bits per heavy atom. The summed E-state index contributed by atoms with van der Waals surface area (Å²) in [6.07, 6.45) is 2.75. The predicted octanol–water partition coefficient (Wildman–Crippen LogP) is 8.72. The molecule has 0 aromatic heterocycles. The molecule has 0 N–H and O–H groups in total. The molecule has 179 valence electrons. The number of nitrogens with zero attached hydrogens (tertiary/aromatic N) is 2. The first-order valence-corrected chi connectivity index (χ1v) is 12.8. The number of benzene rings is 2. The molecule has 0 spiro atoms. The molecule has 0 aliphatic heterocycles. The van der Waals surface area contributed by atoms with Crippen LogP contribution in [-0.4, -0.2) is 13.2 Å². The van der Waals surface area contributed by atoms with Gasteiger partial charge in [-0.3, -0.25) is 0 Å². The van der Waals surface area contributed by atoms with Crippen molar-refractivity contribution in [2.75, 3.05) is 18.0 Å². The summed E-state index contributed by atoms with van der Waals surface area (Å²) < 4.78 is 77.3. The molecule has 0 saturated carbocycles. The van der Waals surface area contributed by atoms with Crippen LogP contribution in [-0.2, 0) is 0 Å². The number of rotatable bonds is 13. The molecule has 32 heavy (non-hydrogen) atoms. The Morgan fingerprint density at radius 1 is 0.906 bits per heavy atom. The zero-order valence-electron chi connectivity index (χ0n) is 18.2. The van der Waals surface area contributed by atoms with Gasteiger partial charge < -0.3 is 0 Å². The maximum absolute atomic E-state index is 13.5. The SMILES string of the molecule is CCCCOc1cc(N([N]F)P(F)(F)(F)F)c(OCCCC)cc1Sc1ccc(C)cc1. The minimum atomic E-state index is -8.60. The van der Waals surface area contributed by atoms with Crippen LogP contribution in [0.4, 0.5) is 27.0 Å². The predicted molar refractivity (Wildman–Crippen MR) is 120 cm³/mol. The third-order valence-corrected chi connectivity index (χ3v) is 6.26. The average molecular weight is 497 g/mol. The molecule has 0 saturated heterocycles. The van der Waals surface area contributed by atoms with Crippen LogP contribution in [0.3, 0.4) is 0 Å². The van der Waals surface area contributed by atoms with Crippen molar-refractivity contribution in [2.24, 2.45) is 0 Å². The Bertz CT molecular complexity index is 872. The summed E-state index contributed by atoms with van der Waals surface area (Å²) in [5, 5.41) is 0. The van der Waals surface area contributed by atoms with E-state index in [1.165, 1.54) is 17.8 Å². The number of halogens is 5. The van der Waals surface area contributed by atoms with Crippen molar-refractivity contribution in [2.45, 2.75) is 56.2 Å². The van der Waals surface area contributed by atoms with Gasteiger partial charge in [0.15, 0.2) is 0 Å². The molecule has 11 heteroatoms. The number of anilines is 1. The topological polar surface area (TPSA) is 35.8 Å². The number of hydrogen-bond acceptors (Lipinski definition) is 4. The van der Waals surface area contributed by atoms with Crippen molar-refractivity contribution in [3.8, 4) is 11.5 Å². The first kappa shape index (κ1) is 26.5. The van der Waals surface area contributed by atoms with Crippen LogP contribution >= 0.6 is 19.8 Å². The molecule has 1 radical (unpaired) electrons. The Labute approximate surface area is 189 Å². The van der Waals surface area contributed by atoms with Crippen LogP contribution < -0.4 is 19.9 Å². The van der Waals surface area contributed by atoms with Crippen LogP contribution in [0.2, 0.25) is 0 Å². The average Bonchev–Trinajstić information content (AvgIpc) is 2.71. The zero-order chi connectivity index (χ0) is 23.8. The van der Waals surface area contributed by atoms with Gasteiger partial charge in [0.2, 0.25) is 0 Å². The van der Waals surface area contributed by atoms with Crippen molar-refractivity contribution in [1.82, 2.24) is 5.65 Å². The normalized spacial score (nSPS) is 12.8. The van der Waals surface area contributed by atoms with Gasteiger partial charge in [-0.2, -0.15) is 0 Å². The van der Waals surface area contributed by atoms with Gasteiger partial charge in [-0.1, -0.05) is 0 Å². The third kappa shape index (κ3) is 7.67. The fourth-order valence-electron chi connectivity index (χ4n) is 2.64. The summed E-state index contributed by atoms with van der Waals surface area (Å²) in [4.78, 5) is 1.29. The fraction of sp³-hybridized carbons (Fsp3) is 0.429. The van der Waals surface area contributed by atoms with E-state index in [0.29, 0.717) is 17.7 Å². The van der Waals surface area contributed by atoms with Crippen LogP contribution in [0.1, 0.15) is 45.1 Å². The maximum atomic E-state index is 13.5. The summed E-state index contributed by atoms with van der Waals surface area (Å²) in [5.74, 6) is -0.257. The Hall–Kier alpha value is -1.77. The minimum absolute atomic E-state index is 0.0657. The molecule has 4 nitrogen and oxygen atoms in total.